The molecule has 0 spiro atoms. The lowest BCUT2D eigenvalue weighted by molar-refractivity contribution is 0.299. The lowest BCUT2D eigenvalue weighted by Crippen LogP contribution is -2.03. The Balaban J connectivity index is 1.83. The molecule has 0 aliphatic rings. The smallest absolute Gasteiger partial charge is 0.224 e. The van der Waals surface area contributed by atoms with Gasteiger partial charge in [0.1, 0.15) is 6.61 Å². The highest BCUT2D eigenvalue weighted by atomic mass is 35.5. The van der Waals surface area contributed by atoms with Crippen molar-refractivity contribution in [2.75, 3.05) is 18.6 Å². The van der Waals surface area contributed by atoms with Crippen LogP contribution in [-0.2, 0) is 6.54 Å². The Kier molecular flexibility index (Phi) is 6.41. The van der Waals surface area contributed by atoms with Gasteiger partial charge in [-0.2, -0.15) is 5.10 Å². The summed E-state index contributed by atoms with van der Waals surface area (Å²) in [5.41, 5.74) is 5.73. The van der Waals surface area contributed by atoms with Gasteiger partial charge in [-0.1, -0.05) is 29.7 Å². The van der Waals surface area contributed by atoms with E-state index in [0.29, 0.717) is 29.1 Å². The van der Waals surface area contributed by atoms with Crippen molar-refractivity contribution >= 4 is 34.8 Å². The zero-order chi connectivity index (χ0) is 19.9. The van der Waals surface area contributed by atoms with E-state index in [1.165, 1.54) is 0 Å². The van der Waals surface area contributed by atoms with Crippen LogP contribution in [0.5, 0.6) is 11.5 Å². The highest BCUT2D eigenvalue weighted by molar-refractivity contribution is 6.32. The van der Waals surface area contributed by atoms with E-state index in [2.05, 4.69) is 32.9 Å². The molecule has 0 saturated heterocycles. The summed E-state index contributed by atoms with van der Waals surface area (Å²) in [5, 5.41) is 4.71. The van der Waals surface area contributed by atoms with Gasteiger partial charge in [0.25, 0.3) is 0 Å². The monoisotopic (exact) mass is 396 g/mol. The number of hydrogen-bond acceptors (Lipinski definition) is 5. The lowest BCUT2D eigenvalue weighted by atomic mass is 10.2. The summed E-state index contributed by atoms with van der Waals surface area (Å²) in [6.07, 6.45) is 6.91. The molecule has 3 aromatic rings. The SMILES string of the molecule is C#CCOc1c(Cl)cc(/C=N\Nc2nc3ccccc3n2CC)cc1OCC. The van der Waals surface area contributed by atoms with E-state index in [1.807, 2.05) is 31.2 Å². The fourth-order valence-corrected chi connectivity index (χ4v) is 3.10. The van der Waals surface area contributed by atoms with E-state index in [1.54, 1.807) is 18.3 Å². The summed E-state index contributed by atoms with van der Waals surface area (Å²) in [4.78, 5) is 4.58. The van der Waals surface area contributed by atoms with E-state index >= 15 is 0 Å². The van der Waals surface area contributed by atoms with Gasteiger partial charge in [0.05, 0.1) is 28.9 Å². The second-order valence-corrected chi connectivity index (χ2v) is 6.20. The fraction of sp³-hybridized carbons (Fsp3) is 0.238. The van der Waals surface area contributed by atoms with Gasteiger partial charge < -0.3 is 14.0 Å². The summed E-state index contributed by atoms with van der Waals surface area (Å²) in [6, 6.07) is 11.5. The molecule has 6 nitrogen and oxygen atoms in total. The number of ether oxygens (including phenoxy) is 2. The van der Waals surface area contributed by atoms with Crippen molar-refractivity contribution < 1.29 is 9.47 Å². The van der Waals surface area contributed by atoms with Gasteiger partial charge >= 0.3 is 0 Å². The van der Waals surface area contributed by atoms with E-state index in [9.17, 15) is 0 Å². The first kappa shape index (κ1) is 19.6. The fourth-order valence-electron chi connectivity index (χ4n) is 2.82. The third-order valence-electron chi connectivity index (χ3n) is 3.98. The number of para-hydroxylation sites is 2. The number of rotatable bonds is 8. The summed E-state index contributed by atoms with van der Waals surface area (Å²) in [6.45, 7) is 5.31. The quantitative estimate of drug-likeness (QED) is 0.344. The molecule has 7 heteroatoms. The number of fused-ring (bicyclic) bond motifs is 1. The molecule has 2 aromatic carbocycles. The van der Waals surface area contributed by atoms with Gasteiger partial charge in [-0.05, 0) is 43.7 Å². The standard InChI is InChI=1S/C21H21ClN4O2/c1-4-11-28-20-16(22)12-15(13-19(20)27-6-3)14-23-25-21-24-17-9-7-8-10-18(17)26(21)5-2/h1,7-10,12-14H,5-6,11H2,2-3H3,(H,24,25)/b23-14-. The van der Waals surface area contributed by atoms with Crippen molar-refractivity contribution in [3.8, 4) is 23.8 Å². The van der Waals surface area contributed by atoms with Gasteiger partial charge in [0, 0.05) is 6.54 Å². The maximum absolute atomic E-state index is 6.33. The molecule has 28 heavy (non-hydrogen) atoms. The van der Waals surface area contributed by atoms with Crippen molar-refractivity contribution in [2.45, 2.75) is 20.4 Å². The minimum atomic E-state index is 0.113. The molecule has 1 aromatic heterocycles. The largest absolute Gasteiger partial charge is 0.490 e. The zero-order valence-corrected chi connectivity index (χ0v) is 16.5. The van der Waals surface area contributed by atoms with E-state index in [4.69, 9.17) is 27.5 Å². The van der Waals surface area contributed by atoms with E-state index < -0.39 is 0 Å². The van der Waals surface area contributed by atoms with Crippen LogP contribution in [0.25, 0.3) is 11.0 Å². The molecule has 0 fully saturated rings. The number of anilines is 1. The third kappa shape index (κ3) is 4.21. The molecular weight excluding hydrogens is 376 g/mol. The summed E-state index contributed by atoms with van der Waals surface area (Å²) < 4.78 is 13.2. The number of benzene rings is 2. The number of halogens is 1. The Morgan fingerprint density at radius 1 is 1.29 bits per heavy atom. The molecule has 0 saturated carbocycles. The Morgan fingerprint density at radius 3 is 2.86 bits per heavy atom. The first-order valence-electron chi connectivity index (χ1n) is 8.94. The number of nitrogens with zero attached hydrogens (tertiary/aromatic N) is 3. The second-order valence-electron chi connectivity index (χ2n) is 5.79. The highest BCUT2D eigenvalue weighted by Gasteiger charge is 2.12. The van der Waals surface area contributed by atoms with Gasteiger partial charge in [-0.3, -0.25) is 0 Å². The number of imidazole rings is 1. The molecule has 0 amide bonds. The highest BCUT2D eigenvalue weighted by Crippen LogP contribution is 2.36. The predicted molar refractivity (Wildman–Crippen MR) is 114 cm³/mol. The molecule has 144 valence electrons. The van der Waals surface area contributed by atoms with Crippen LogP contribution in [0.1, 0.15) is 19.4 Å². The van der Waals surface area contributed by atoms with Crippen LogP contribution in [-0.4, -0.2) is 29.0 Å². The first-order chi connectivity index (χ1) is 13.7. The number of terminal acetylenes is 1. The molecule has 3 rings (SSSR count). The van der Waals surface area contributed by atoms with Crippen LogP contribution in [0, 0.1) is 12.3 Å². The van der Waals surface area contributed by atoms with Crippen LogP contribution in [0.3, 0.4) is 0 Å². The Morgan fingerprint density at radius 2 is 2.11 bits per heavy atom. The minimum Gasteiger partial charge on any atom is -0.490 e. The van der Waals surface area contributed by atoms with Gasteiger partial charge in [-0.15, -0.1) is 6.42 Å². The number of hydrazone groups is 1. The van der Waals surface area contributed by atoms with Crippen molar-refractivity contribution in [2.24, 2.45) is 5.10 Å². The maximum atomic E-state index is 6.33. The molecule has 1 heterocycles. The van der Waals surface area contributed by atoms with Crippen LogP contribution < -0.4 is 14.9 Å². The van der Waals surface area contributed by atoms with E-state index in [-0.39, 0.29) is 6.61 Å². The van der Waals surface area contributed by atoms with Crippen molar-refractivity contribution in [1.82, 2.24) is 9.55 Å². The average molecular weight is 397 g/mol. The number of nitrogens with one attached hydrogen (secondary N) is 1. The molecule has 0 aliphatic carbocycles. The van der Waals surface area contributed by atoms with Gasteiger partial charge in [0.15, 0.2) is 11.5 Å². The number of aromatic nitrogens is 2. The average Bonchev–Trinajstić information content (AvgIpc) is 3.05. The summed E-state index contributed by atoms with van der Waals surface area (Å²) >= 11 is 6.33. The van der Waals surface area contributed by atoms with Crippen LogP contribution in [0.15, 0.2) is 41.5 Å². The minimum absolute atomic E-state index is 0.113. The zero-order valence-electron chi connectivity index (χ0n) is 15.8. The Bertz CT molecular complexity index is 1040. The molecule has 1 N–H and O–H groups in total. The number of aryl methyl sites for hydroxylation is 1. The normalized spacial score (nSPS) is 10.9. The van der Waals surface area contributed by atoms with Crippen molar-refractivity contribution in [3.63, 3.8) is 0 Å². The molecule has 0 unspecified atom stereocenters. The van der Waals surface area contributed by atoms with Crippen molar-refractivity contribution in [3.05, 3.63) is 47.0 Å². The predicted octanol–water partition coefficient (Wildman–Crippen LogP) is 4.57. The Labute approximate surface area is 169 Å². The molecule has 0 radical (unpaired) electrons. The first-order valence-corrected chi connectivity index (χ1v) is 9.32. The third-order valence-corrected chi connectivity index (χ3v) is 4.26. The van der Waals surface area contributed by atoms with Crippen LogP contribution >= 0.6 is 11.6 Å². The van der Waals surface area contributed by atoms with Crippen molar-refractivity contribution in [1.29, 1.82) is 0 Å². The molecule has 0 bridgehead atoms. The molecule has 0 atom stereocenters. The topological polar surface area (TPSA) is 60.7 Å². The van der Waals surface area contributed by atoms with Crippen LogP contribution in [0.4, 0.5) is 5.95 Å². The molecule has 0 aliphatic heterocycles. The summed E-state index contributed by atoms with van der Waals surface area (Å²) in [7, 11) is 0. The Hall–Kier alpha value is -3.17. The second kappa shape index (κ2) is 9.16. The summed E-state index contributed by atoms with van der Waals surface area (Å²) in [5.74, 6) is 4.04. The lowest BCUT2D eigenvalue weighted by Gasteiger charge is -2.12. The maximum Gasteiger partial charge on any atom is 0.224 e. The molecular formula is C21H21ClN4O2. The van der Waals surface area contributed by atoms with Gasteiger partial charge in [-0.25, -0.2) is 10.4 Å². The number of hydrogen-bond donors (Lipinski definition) is 1. The van der Waals surface area contributed by atoms with Gasteiger partial charge in [0.2, 0.25) is 5.95 Å². The van der Waals surface area contributed by atoms with Crippen LogP contribution in [0.2, 0.25) is 5.02 Å². The van der Waals surface area contributed by atoms with E-state index in [0.717, 1.165) is 23.1 Å².